The summed E-state index contributed by atoms with van der Waals surface area (Å²) in [6, 6.07) is 5.34. The number of aromatic nitrogens is 1. The van der Waals surface area contributed by atoms with Crippen molar-refractivity contribution in [3.05, 3.63) is 24.4 Å². The molecule has 118 valence electrons. The smallest absolute Gasteiger partial charge is 0.409 e. The molecule has 0 atom stereocenters. The first-order valence-corrected chi connectivity index (χ1v) is 7.25. The van der Waals surface area contributed by atoms with E-state index in [1.165, 1.54) is 6.20 Å². The van der Waals surface area contributed by atoms with Crippen molar-refractivity contribution in [2.45, 2.75) is 26.2 Å². The molecule has 0 aliphatic rings. The van der Waals surface area contributed by atoms with Crippen molar-refractivity contribution in [3.63, 3.8) is 0 Å². The van der Waals surface area contributed by atoms with E-state index in [1.807, 2.05) is 6.07 Å². The number of benzene rings is 1. The number of carboxylic acid groups (broad SMARTS) is 1. The van der Waals surface area contributed by atoms with Crippen LogP contribution in [0.15, 0.2) is 24.4 Å². The van der Waals surface area contributed by atoms with Crippen LogP contribution in [0.3, 0.4) is 0 Å². The van der Waals surface area contributed by atoms with E-state index in [9.17, 15) is 4.79 Å². The quantitative estimate of drug-likeness (QED) is 0.758. The zero-order valence-corrected chi connectivity index (χ0v) is 12.8. The lowest BCUT2D eigenvalue weighted by Crippen LogP contribution is -2.07. The van der Waals surface area contributed by atoms with Gasteiger partial charge in [-0.3, -0.25) is 10.3 Å². The number of fused-ring (bicyclic) bond motifs is 1. The lowest BCUT2D eigenvalue weighted by atomic mass is 10.2. The van der Waals surface area contributed by atoms with Gasteiger partial charge in [-0.2, -0.15) is 0 Å². The molecule has 2 aromatic rings. The number of nitrogens with one attached hydrogen (secondary N) is 1. The van der Waals surface area contributed by atoms with Gasteiger partial charge < -0.3 is 14.6 Å². The minimum absolute atomic E-state index is 0.419. The van der Waals surface area contributed by atoms with Crippen LogP contribution in [0.5, 0.6) is 11.5 Å². The molecule has 6 nitrogen and oxygen atoms in total. The summed E-state index contributed by atoms with van der Waals surface area (Å²) in [6.07, 6.45) is 3.54. The number of ether oxygens (including phenoxy) is 2. The van der Waals surface area contributed by atoms with E-state index in [-0.39, 0.29) is 0 Å². The summed E-state index contributed by atoms with van der Waals surface area (Å²) in [5, 5.41) is 11.8. The van der Waals surface area contributed by atoms with Crippen molar-refractivity contribution in [1.29, 1.82) is 0 Å². The first-order chi connectivity index (χ1) is 10.7. The Morgan fingerprint density at radius 3 is 2.86 bits per heavy atom. The predicted octanol–water partition coefficient (Wildman–Crippen LogP) is 3.90. The molecule has 1 heterocycles. The number of unbranched alkanes of at least 4 members (excludes halogenated alkanes) is 2. The summed E-state index contributed by atoms with van der Waals surface area (Å²) in [4.78, 5) is 15.0. The van der Waals surface area contributed by atoms with Crippen molar-refractivity contribution in [3.8, 4) is 11.5 Å². The number of rotatable bonds is 7. The molecule has 2 rings (SSSR count). The number of methoxy groups -OCH3 is 1. The molecule has 0 fully saturated rings. The Balaban J connectivity index is 2.32. The fraction of sp³-hybridized carbons (Fsp3) is 0.375. The van der Waals surface area contributed by atoms with Gasteiger partial charge in [0.1, 0.15) is 5.52 Å². The topological polar surface area (TPSA) is 80.7 Å². The van der Waals surface area contributed by atoms with Crippen molar-refractivity contribution in [1.82, 2.24) is 4.98 Å². The van der Waals surface area contributed by atoms with Crippen LogP contribution in [0.2, 0.25) is 0 Å². The van der Waals surface area contributed by atoms with Gasteiger partial charge in [0.25, 0.3) is 0 Å². The van der Waals surface area contributed by atoms with Crippen LogP contribution in [0.25, 0.3) is 10.9 Å². The molecular weight excluding hydrogens is 284 g/mol. The molecule has 0 unspecified atom stereocenters. The molecule has 0 saturated heterocycles. The second kappa shape index (κ2) is 7.49. The molecule has 0 spiro atoms. The Hall–Kier alpha value is -2.50. The maximum Gasteiger partial charge on any atom is 0.409 e. The van der Waals surface area contributed by atoms with Crippen LogP contribution in [-0.2, 0) is 0 Å². The lowest BCUT2D eigenvalue weighted by molar-refractivity contribution is 0.209. The maximum atomic E-state index is 10.7. The zero-order valence-electron chi connectivity index (χ0n) is 12.8. The number of pyridine rings is 1. The molecule has 0 bridgehead atoms. The molecule has 1 aromatic carbocycles. The van der Waals surface area contributed by atoms with E-state index in [2.05, 4.69) is 17.2 Å². The fourth-order valence-corrected chi connectivity index (χ4v) is 2.17. The number of hydrogen-bond donors (Lipinski definition) is 2. The van der Waals surface area contributed by atoms with Crippen LogP contribution < -0.4 is 14.8 Å². The number of carbonyl (C=O) groups is 1. The highest BCUT2D eigenvalue weighted by Gasteiger charge is 2.12. The molecule has 0 aliphatic heterocycles. The highest BCUT2D eigenvalue weighted by Crippen LogP contribution is 2.35. The Morgan fingerprint density at radius 1 is 1.36 bits per heavy atom. The zero-order chi connectivity index (χ0) is 15.9. The van der Waals surface area contributed by atoms with E-state index < -0.39 is 6.09 Å². The number of hydrogen-bond acceptors (Lipinski definition) is 4. The molecule has 2 N–H and O–H groups in total. The highest BCUT2D eigenvalue weighted by molar-refractivity contribution is 5.92. The Kier molecular flexibility index (Phi) is 5.41. The van der Waals surface area contributed by atoms with Crippen LogP contribution in [0.1, 0.15) is 26.2 Å². The summed E-state index contributed by atoms with van der Waals surface area (Å²) in [5.74, 6) is 1.22. The van der Waals surface area contributed by atoms with Crippen molar-refractivity contribution < 1.29 is 19.4 Å². The third-order valence-corrected chi connectivity index (χ3v) is 3.24. The first-order valence-electron chi connectivity index (χ1n) is 7.25. The fourth-order valence-electron chi connectivity index (χ4n) is 2.17. The van der Waals surface area contributed by atoms with Gasteiger partial charge in [0, 0.05) is 5.39 Å². The Bertz CT molecular complexity index is 658. The second-order valence-corrected chi connectivity index (χ2v) is 4.88. The molecular formula is C16H20N2O4. The van der Waals surface area contributed by atoms with E-state index in [4.69, 9.17) is 14.6 Å². The van der Waals surface area contributed by atoms with E-state index in [0.29, 0.717) is 29.3 Å². The Morgan fingerprint density at radius 2 is 2.18 bits per heavy atom. The largest absolute Gasteiger partial charge is 0.493 e. The molecule has 1 amide bonds. The number of anilines is 1. The van der Waals surface area contributed by atoms with Gasteiger partial charge in [-0.05, 0) is 24.6 Å². The molecule has 22 heavy (non-hydrogen) atoms. The monoisotopic (exact) mass is 304 g/mol. The average Bonchev–Trinajstić information content (AvgIpc) is 2.50. The average molecular weight is 304 g/mol. The number of amides is 1. The summed E-state index contributed by atoms with van der Waals surface area (Å²) < 4.78 is 11.2. The molecule has 0 saturated carbocycles. The first kappa shape index (κ1) is 15.9. The van der Waals surface area contributed by atoms with E-state index in [1.54, 1.807) is 19.2 Å². The van der Waals surface area contributed by atoms with Crippen LogP contribution in [0, 0.1) is 0 Å². The summed E-state index contributed by atoms with van der Waals surface area (Å²) >= 11 is 0. The van der Waals surface area contributed by atoms with Gasteiger partial charge in [-0.15, -0.1) is 0 Å². The van der Waals surface area contributed by atoms with Gasteiger partial charge in [-0.1, -0.05) is 19.8 Å². The highest BCUT2D eigenvalue weighted by atomic mass is 16.5. The third-order valence-electron chi connectivity index (χ3n) is 3.24. The number of nitrogens with zero attached hydrogens (tertiary/aromatic N) is 1. The molecule has 0 aliphatic carbocycles. The minimum Gasteiger partial charge on any atom is -0.493 e. The lowest BCUT2D eigenvalue weighted by Gasteiger charge is -2.13. The van der Waals surface area contributed by atoms with Gasteiger partial charge in [0.05, 0.1) is 25.6 Å². The predicted molar refractivity (Wildman–Crippen MR) is 85.0 cm³/mol. The van der Waals surface area contributed by atoms with Gasteiger partial charge in [0.2, 0.25) is 0 Å². The molecule has 0 radical (unpaired) electrons. The van der Waals surface area contributed by atoms with Crippen LogP contribution >= 0.6 is 0 Å². The van der Waals surface area contributed by atoms with E-state index in [0.717, 1.165) is 24.6 Å². The summed E-state index contributed by atoms with van der Waals surface area (Å²) in [6.45, 7) is 2.73. The SMILES string of the molecule is CCCCCOc1c(OC)ccc2cc(NC(=O)O)cnc12. The Labute approximate surface area is 129 Å². The van der Waals surface area contributed by atoms with Gasteiger partial charge >= 0.3 is 6.09 Å². The third kappa shape index (κ3) is 3.78. The summed E-state index contributed by atoms with van der Waals surface area (Å²) in [7, 11) is 1.58. The standard InChI is InChI=1S/C16H20N2O4/c1-3-4-5-8-22-15-13(21-2)7-6-11-9-12(18-16(19)20)10-17-14(11)15/h6-7,9-10,18H,3-5,8H2,1-2H3,(H,19,20). The van der Waals surface area contributed by atoms with Gasteiger partial charge in [0.15, 0.2) is 11.5 Å². The maximum absolute atomic E-state index is 10.7. The van der Waals surface area contributed by atoms with Gasteiger partial charge in [-0.25, -0.2) is 4.79 Å². The minimum atomic E-state index is -1.12. The van der Waals surface area contributed by atoms with Crippen LogP contribution in [-0.4, -0.2) is 29.9 Å². The van der Waals surface area contributed by atoms with Crippen molar-refractivity contribution >= 4 is 22.7 Å². The molecule has 6 heteroatoms. The normalized spacial score (nSPS) is 10.5. The van der Waals surface area contributed by atoms with Crippen molar-refractivity contribution in [2.24, 2.45) is 0 Å². The second-order valence-electron chi connectivity index (χ2n) is 4.88. The van der Waals surface area contributed by atoms with Crippen LogP contribution in [0.4, 0.5) is 10.5 Å². The summed E-state index contributed by atoms with van der Waals surface area (Å²) in [5.41, 5.74) is 1.08. The van der Waals surface area contributed by atoms with Crippen molar-refractivity contribution in [2.75, 3.05) is 19.0 Å². The molecule has 1 aromatic heterocycles. The van der Waals surface area contributed by atoms with E-state index >= 15 is 0 Å².